The summed E-state index contributed by atoms with van der Waals surface area (Å²) >= 11 is 1.82. The summed E-state index contributed by atoms with van der Waals surface area (Å²) in [5.74, 6) is 3.31. The average Bonchev–Trinajstić information content (AvgIpc) is 2.88. The van der Waals surface area contributed by atoms with Gasteiger partial charge in [0.25, 0.3) is 0 Å². The summed E-state index contributed by atoms with van der Waals surface area (Å²) in [6, 6.07) is 0. The summed E-state index contributed by atoms with van der Waals surface area (Å²) in [6.45, 7) is 0.888. The second kappa shape index (κ2) is 4.34. The van der Waals surface area contributed by atoms with E-state index in [4.69, 9.17) is 4.74 Å². The van der Waals surface area contributed by atoms with Crippen molar-refractivity contribution in [2.75, 3.05) is 18.1 Å². The molecule has 0 N–H and O–H groups in total. The van der Waals surface area contributed by atoms with E-state index in [0.29, 0.717) is 17.6 Å². The SMILES string of the molecule is O=C1CSCC1C1CCOC2(CCCC2)C1. The predicted octanol–water partition coefficient (Wildman–Crippen LogP) is 2.66. The van der Waals surface area contributed by atoms with Crippen LogP contribution in [0.3, 0.4) is 0 Å². The van der Waals surface area contributed by atoms with Gasteiger partial charge in [0, 0.05) is 18.3 Å². The lowest BCUT2D eigenvalue weighted by Gasteiger charge is -2.40. The van der Waals surface area contributed by atoms with Gasteiger partial charge in [-0.05, 0) is 31.6 Å². The van der Waals surface area contributed by atoms with Crippen LogP contribution in [-0.2, 0) is 9.53 Å². The summed E-state index contributed by atoms with van der Waals surface area (Å²) < 4.78 is 6.03. The molecule has 2 nitrogen and oxygen atoms in total. The highest BCUT2D eigenvalue weighted by Gasteiger charge is 2.44. The van der Waals surface area contributed by atoms with Crippen molar-refractivity contribution in [2.24, 2.45) is 11.8 Å². The zero-order chi connectivity index (χ0) is 11.0. The van der Waals surface area contributed by atoms with E-state index < -0.39 is 0 Å². The van der Waals surface area contributed by atoms with Crippen molar-refractivity contribution < 1.29 is 9.53 Å². The van der Waals surface area contributed by atoms with Gasteiger partial charge in [0.1, 0.15) is 5.78 Å². The number of ketones is 1. The molecule has 1 aliphatic carbocycles. The molecular formula is C13H20O2S. The standard InChI is InChI=1S/C13H20O2S/c14-12-9-16-8-11(12)10-3-6-15-13(7-10)4-1-2-5-13/h10-11H,1-9H2. The number of hydrogen-bond acceptors (Lipinski definition) is 3. The fourth-order valence-corrected chi connectivity index (χ4v) is 4.91. The maximum atomic E-state index is 11.8. The minimum atomic E-state index is 0.177. The van der Waals surface area contributed by atoms with Gasteiger partial charge in [0.2, 0.25) is 0 Å². The summed E-state index contributed by atoms with van der Waals surface area (Å²) in [6.07, 6.45) is 7.37. The molecule has 16 heavy (non-hydrogen) atoms. The zero-order valence-corrected chi connectivity index (χ0v) is 10.6. The second-order valence-electron chi connectivity index (χ2n) is 5.58. The van der Waals surface area contributed by atoms with Crippen molar-refractivity contribution in [2.45, 2.75) is 44.1 Å². The Balaban J connectivity index is 1.69. The summed E-state index contributed by atoms with van der Waals surface area (Å²) in [4.78, 5) is 11.8. The number of carbonyl (C=O) groups is 1. The van der Waals surface area contributed by atoms with Crippen LogP contribution in [-0.4, -0.2) is 29.5 Å². The Bertz CT molecular complexity index is 284. The smallest absolute Gasteiger partial charge is 0.146 e. The molecule has 0 radical (unpaired) electrons. The Kier molecular flexibility index (Phi) is 3.01. The van der Waals surface area contributed by atoms with Crippen molar-refractivity contribution in [1.82, 2.24) is 0 Å². The number of thioether (sulfide) groups is 1. The third-order valence-electron chi connectivity index (χ3n) is 4.57. The summed E-state index contributed by atoms with van der Waals surface area (Å²) in [7, 11) is 0. The molecule has 0 aromatic heterocycles. The largest absolute Gasteiger partial charge is 0.375 e. The first-order chi connectivity index (χ1) is 7.79. The Hall–Kier alpha value is -0.0200. The quantitative estimate of drug-likeness (QED) is 0.705. The van der Waals surface area contributed by atoms with E-state index >= 15 is 0 Å². The highest BCUT2D eigenvalue weighted by atomic mass is 32.2. The van der Waals surface area contributed by atoms with Crippen molar-refractivity contribution >= 4 is 17.5 Å². The Morgan fingerprint density at radius 2 is 2.12 bits per heavy atom. The molecule has 2 heterocycles. The van der Waals surface area contributed by atoms with Gasteiger partial charge in [-0.3, -0.25) is 4.79 Å². The van der Waals surface area contributed by atoms with E-state index in [1.165, 1.54) is 25.7 Å². The third kappa shape index (κ3) is 1.92. The second-order valence-corrected chi connectivity index (χ2v) is 6.61. The van der Waals surface area contributed by atoms with Crippen molar-refractivity contribution in [1.29, 1.82) is 0 Å². The molecule has 3 fully saturated rings. The molecule has 2 atom stereocenters. The number of carbonyl (C=O) groups excluding carboxylic acids is 1. The highest BCUT2D eigenvalue weighted by Crippen LogP contribution is 2.45. The van der Waals surface area contributed by atoms with Crippen molar-refractivity contribution in [3.8, 4) is 0 Å². The molecule has 90 valence electrons. The number of hydrogen-bond donors (Lipinski definition) is 0. The predicted molar refractivity (Wildman–Crippen MR) is 65.7 cm³/mol. The van der Waals surface area contributed by atoms with Gasteiger partial charge >= 0.3 is 0 Å². The van der Waals surface area contributed by atoms with Gasteiger partial charge in [0.15, 0.2) is 0 Å². The normalized spacial score (nSPS) is 38.4. The fourth-order valence-electron chi connectivity index (χ4n) is 3.66. The van der Waals surface area contributed by atoms with Gasteiger partial charge in [-0.15, -0.1) is 0 Å². The van der Waals surface area contributed by atoms with E-state index in [1.807, 2.05) is 11.8 Å². The minimum absolute atomic E-state index is 0.177. The molecule has 3 aliphatic rings. The molecule has 0 bridgehead atoms. The summed E-state index contributed by atoms with van der Waals surface area (Å²) in [5, 5.41) is 0. The van der Waals surface area contributed by atoms with E-state index in [9.17, 15) is 4.79 Å². The van der Waals surface area contributed by atoms with Crippen LogP contribution in [0.15, 0.2) is 0 Å². The molecule has 3 heteroatoms. The van der Waals surface area contributed by atoms with Gasteiger partial charge in [-0.2, -0.15) is 11.8 Å². The van der Waals surface area contributed by atoms with Crippen LogP contribution in [0.1, 0.15) is 38.5 Å². The lowest BCUT2D eigenvalue weighted by atomic mass is 9.77. The number of Topliss-reactive ketones (excluding diaryl/α,β-unsaturated/α-hetero) is 1. The Morgan fingerprint density at radius 3 is 2.81 bits per heavy atom. The summed E-state index contributed by atoms with van der Waals surface area (Å²) in [5.41, 5.74) is 0.177. The molecular weight excluding hydrogens is 220 g/mol. The van der Waals surface area contributed by atoms with Gasteiger partial charge in [-0.1, -0.05) is 12.8 Å². The van der Waals surface area contributed by atoms with Crippen molar-refractivity contribution in [3.05, 3.63) is 0 Å². The minimum Gasteiger partial charge on any atom is -0.375 e. The molecule has 0 amide bonds. The maximum absolute atomic E-state index is 11.8. The van der Waals surface area contributed by atoms with Crippen LogP contribution in [0.2, 0.25) is 0 Å². The van der Waals surface area contributed by atoms with E-state index in [-0.39, 0.29) is 5.60 Å². The molecule has 1 spiro atoms. The van der Waals surface area contributed by atoms with Gasteiger partial charge < -0.3 is 4.74 Å². The Morgan fingerprint density at radius 1 is 1.31 bits per heavy atom. The highest BCUT2D eigenvalue weighted by molar-refractivity contribution is 8.00. The topological polar surface area (TPSA) is 26.3 Å². The first kappa shape index (κ1) is 11.1. The lowest BCUT2D eigenvalue weighted by Crippen LogP contribution is -2.41. The molecule has 3 rings (SSSR count). The monoisotopic (exact) mass is 240 g/mol. The molecule has 2 aliphatic heterocycles. The van der Waals surface area contributed by atoms with Crippen LogP contribution >= 0.6 is 11.8 Å². The maximum Gasteiger partial charge on any atom is 0.146 e. The van der Waals surface area contributed by atoms with Crippen LogP contribution in [0.4, 0.5) is 0 Å². The molecule has 1 saturated carbocycles. The fraction of sp³-hybridized carbons (Fsp3) is 0.923. The molecule has 0 aromatic carbocycles. The first-order valence-electron chi connectivity index (χ1n) is 6.54. The van der Waals surface area contributed by atoms with Crippen LogP contribution in [0.5, 0.6) is 0 Å². The molecule has 2 saturated heterocycles. The number of rotatable bonds is 1. The zero-order valence-electron chi connectivity index (χ0n) is 9.74. The third-order valence-corrected chi connectivity index (χ3v) is 5.65. The average molecular weight is 240 g/mol. The first-order valence-corrected chi connectivity index (χ1v) is 7.69. The van der Waals surface area contributed by atoms with Crippen LogP contribution < -0.4 is 0 Å². The van der Waals surface area contributed by atoms with E-state index in [1.54, 1.807) is 0 Å². The van der Waals surface area contributed by atoms with E-state index in [0.717, 1.165) is 31.0 Å². The molecule has 0 aromatic rings. The molecule has 2 unspecified atom stereocenters. The number of ether oxygens (including phenoxy) is 1. The lowest BCUT2D eigenvalue weighted by molar-refractivity contribution is -0.128. The van der Waals surface area contributed by atoms with Gasteiger partial charge in [0.05, 0.1) is 11.4 Å². The van der Waals surface area contributed by atoms with Gasteiger partial charge in [-0.25, -0.2) is 0 Å². The Labute approximate surface area is 101 Å². The van der Waals surface area contributed by atoms with Crippen LogP contribution in [0, 0.1) is 11.8 Å². The van der Waals surface area contributed by atoms with E-state index in [2.05, 4.69) is 0 Å². The van der Waals surface area contributed by atoms with Crippen molar-refractivity contribution in [3.63, 3.8) is 0 Å². The van der Waals surface area contributed by atoms with Crippen LogP contribution in [0.25, 0.3) is 0 Å².